The maximum atomic E-state index is 12.8. The van der Waals surface area contributed by atoms with Crippen molar-refractivity contribution in [3.8, 4) is 0 Å². The number of hydrogen-bond donors (Lipinski definition) is 1. The molecule has 1 aliphatic carbocycles. The second-order valence-electron chi connectivity index (χ2n) is 5.43. The molecule has 0 spiro atoms. The van der Waals surface area contributed by atoms with Crippen LogP contribution < -0.4 is 5.32 Å². The molecule has 4 nitrogen and oxygen atoms in total. The number of nitrogens with one attached hydrogen (secondary N) is 1. The first-order valence-electron chi connectivity index (χ1n) is 7.18. The molecule has 0 saturated heterocycles. The highest BCUT2D eigenvalue weighted by Crippen LogP contribution is 2.24. The summed E-state index contributed by atoms with van der Waals surface area (Å²) in [6.45, 7) is 0.499. The molecule has 110 valence electrons. The molecule has 0 bridgehead atoms. The number of halogens is 1. The van der Waals surface area contributed by atoms with Crippen LogP contribution >= 0.6 is 0 Å². The number of aromatic nitrogens is 2. The highest BCUT2D eigenvalue weighted by Gasteiger charge is 2.20. The Morgan fingerprint density at radius 3 is 2.86 bits per heavy atom. The number of rotatable bonds is 4. The van der Waals surface area contributed by atoms with Crippen LogP contribution in [0.2, 0.25) is 0 Å². The lowest BCUT2D eigenvalue weighted by Gasteiger charge is -2.08. The molecule has 1 aromatic carbocycles. The van der Waals surface area contributed by atoms with Gasteiger partial charge in [0.05, 0.1) is 24.4 Å². The Bertz CT molecular complexity index is 661. The molecule has 0 radical (unpaired) electrons. The third kappa shape index (κ3) is 2.96. The largest absolute Gasteiger partial charge is 0.350 e. The predicted octanol–water partition coefficient (Wildman–Crippen LogP) is 1.91. The van der Waals surface area contributed by atoms with Crippen LogP contribution in [0.25, 0.3) is 0 Å². The fourth-order valence-electron chi connectivity index (χ4n) is 2.84. The Kier molecular flexibility index (Phi) is 3.73. The molecule has 0 saturated carbocycles. The summed E-state index contributed by atoms with van der Waals surface area (Å²) >= 11 is 0. The zero-order valence-electron chi connectivity index (χ0n) is 12.0. The van der Waals surface area contributed by atoms with Gasteiger partial charge in [-0.3, -0.25) is 9.48 Å². The maximum Gasteiger partial charge on any atom is 0.224 e. The standard InChI is InChI=1S/C16H18FN3O/c1-20-15(13-3-2-4-14(13)19-20)10-18-16(21)9-11-5-7-12(17)8-6-11/h5-8H,2-4,9-10H2,1H3,(H,18,21). The summed E-state index contributed by atoms with van der Waals surface area (Å²) in [5, 5.41) is 7.41. The Labute approximate surface area is 123 Å². The summed E-state index contributed by atoms with van der Waals surface area (Å²) in [6, 6.07) is 6.01. The van der Waals surface area contributed by atoms with E-state index in [2.05, 4.69) is 10.4 Å². The topological polar surface area (TPSA) is 46.9 Å². The molecular weight excluding hydrogens is 269 g/mol. The van der Waals surface area contributed by atoms with Crippen molar-refractivity contribution < 1.29 is 9.18 Å². The number of fused-ring (bicyclic) bond motifs is 1. The van der Waals surface area contributed by atoms with Gasteiger partial charge in [0.25, 0.3) is 0 Å². The van der Waals surface area contributed by atoms with Crippen molar-refractivity contribution in [1.82, 2.24) is 15.1 Å². The smallest absolute Gasteiger partial charge is 0.224 e. The molecule has 1 heterocycles. The minimum atomic E-state index is -0.287. The van der Waals surface area contributed by atoms with Gasteiger partial charge in [-0.25, -0.2) is 4.39 Å². The molecule has 0 fully saturated rings. The van der Waals surface area contributed by atoms with E-state index in [9.17, 15) is 9.18 Å². The van der Waals surface area contributed by atoms with Crippen LogP contribution in [-0.4, -0.2) is 15.7 Å². The summed E-state index contributed by atoms with van der Waals surface area (Å²) in [7, 11) is 1.92. The summed E-state index contributed by atoms with van der Waals surface area (Å²) < 4.78 is 14.7. The first kappa shape index (κ1) is 13.8. The number of amides is 1. The van der Waals surface area contributed by atoms with E-state index >= 15 is 0 Å². The van der Waals surface area contributed by atoms with Crippen LogP contribution in [0, 0.1) is 5.82 Å². The number of hydrogen-bond acceptors (Lipinski definition) is 2. The molecule has 5 heteroatoms. The van der Waals surface area contributed by atoms with Crippen LogP contribution in [0.4, 0.5) is 4.39 Å². The van der Waals surface area contributed by atoms with Gasteiger partial charge in [0.1, 0.15) is 5.82 Å². The van der Waals surface area contributed by atoms with Crippen molar-refractivity contribution in [3.05, 3.63) is 52.6 Å². The Hall–Kier alpha value is -2.17. The van der Waals surface area contributed by atoms with Crippen molar-refractivity contribution in [3.63, 3.8) is 0 Å². The second kappa shape index (κ2) is 5.68. The first-order valence-corrected chi connectivity index (χ1v) is 7.18. The van der Waals surface area contributed by atoms with Crippen molar-refractivity contribution in [2.45, 2.75) is 32.2 Å². The predicted molar refractivity (Wildman–Crippen MR) is 77.2 cm³/mol. The van der Waals surface area contributed by atoms with E-state index in [1.165, 1.54) is 23.4 Å². The van der Waals surface area contributed by atoms with Crippen molar-refractivity contribution in [1.29, 1.82) is 0 Å². The third-order valence-corrected chi connectivity index (χ3v) is 3.93. The van der Waals surface area contributed by atoms with Gasteiger partial charge in [-0.15, -0.1) is 0 Å². The molecule has 1 N–H and O–H groups in total. The molecule has 1 amide bonds. The van der Waals surface area contributed by atoms with Gasteiger partial charge < -0.3 is 5.32 Å². The lowest BCUT2D eigenvalue weighted by molar-refractivity contribution is -0.120. The SMILES string of the molecule is Cn1nc2c(c1CNC(=O)Cc1ccc(F)cc1)CCC2. The molecule has 2 aromatic rings. The zero-order valence-corrected chi connectivity index (χ0v) is 12.0. The van der Waals surface area contributed by atoms with Crippen LogP contribution in [0.3, 0.4) is 0 Å². The number of nitrogens with zero attached hydrogens (tertiary/aromatic N) is 2. The third-order valence-electron chi connectivity index (χ3n) is 3.93. The number of aryl methyl sites for hydroxylation is 2. The molecule has 1 aliphatic rings. The lowest BCUT2D eigenvalue weighted by Crippen LogP contribution is -2.26. The lowest BCUT2D eigenvalue weighted by atomic mass is 10.1. The van der Waals surface area contributed by atoms with Gasteiger partial charge in [0, 0.05) is 7.05 Å². The fourth-order valence-corrected chi connectivity index (χ4v) is 2.84. The molecule has 21 heavy (non-hydrogen) atoms. The molecule has 3 rings (SSSR count). The van der Waals surface area contributed by atoms with Gasteiger partial charge in [-0.1, -0.05) is 12.1 Å². The Morgan fingerprint density at radius 1 is 1.33 bits per heavy atom. The fraction of sp³-hybridized carbons (Fsp3) is 0.375. The average Bonchev–Trinajstić information content (AvgIpc) is 3.00. The zero-order chi connectivity index (χ0) is 14.8. The second-order valence-corrected chi connectivity index (χ2v) is 5.43. The van der Waals surface area contributed by atoms with E-state index in [-0.39, 0.29) is 18.1 Å². The minimum absolute atomic E-state index is 0.0606. The summed E-state index contributed by atoms with van der Waals surface area (Å²) in [5.41, 5.74) is 4.36. The summed E-state index contributed by atoms with van der Waals surface area (Å²) in [4.78, 5) is 12.0. The van der Waals surface area contributed by atoms with Crippen molar-refractivity contribution in [2.75, 3.05) is 0 Å². The van der Waals surface area contributed by atoms with E-state index in [1.807, 2.05) is 11.7 Å². The highest BCUT2D eigenvalue weighted by molar-refractivity contribution is 5.78. The number of carbonyl (C=O) groups excluding carboxylic acids is 1. The molecule has 1 aromatic heterocycles. The van der Waals surface area contributed by atoms with E-state index < -0.39 is 0 Å². The molecule has 0 unspecified atom stereocenters. The summed E-state index contributed by atoms with van der Waals surface area (Å²) in [5.74, 6) is -0.348. The van der Waals surface area contributed by atoms with Gasteiger partial charge in [0.15, 0.2) is 0 Å². The van der Waals surface area contributed by atoms with Crippen LogP contribution in [0.5, 0.6) is 0 Å². The van der Waals surface area contributed by atoms with E-state index in [0.29, 0.717) is 6.54 Å². The highest BCUT2D eigenvalue weighted by atomic mass is 19.1. The van der Waals surface area contributed by atoms with E-state index in [1.54, 1.807) is 12.1 Å². The average molecular weight is 287 g/mol. The Morgan fingerprint density at radius 2 is 2.10 bits per heavy atom. The van der Waals surface area contributed by atoms with Crippen LogP contribution in [0.15, 0.2) is 24.3 Å². The molecule has 0 aliphatic heterocycles. The van der Waals surface area contributed by atoms with Crippen molar-refractivity contribution in [2.24, 2.45) is 7.05 Å². The number of benzene rings is 1. The number of carbonyl (C=O) groups is 1. The molecular formula is C16H18FN3O. The van der Waals surface area contributed by atoms with E-state index in [0.717, 1.165) is 30.5 Å². The Balaban J connectivity index is 1.60. The van der Waals surface area contributed by atoms with Gasteiger partial charge in [-0.05, 0) is 42.5 Å². The van der Waals surface area contributed by atoms with Gasteiger partial charge in [0.2, 0.25) is 5.91 Å². The van der Waals surface area contributed by atoms with Crippen LogP contribution in [-0.2, 0) is 37.6 Å². The quantitative estimate of drug-likeness (QED) is 0.933. The minimum Gasteiger partial charge on any atom is -0.350 e. The molecule has 0 atom stereocenters. The normalized spacial score (nSPS) is 13.2. The first-order chi connectivity index (χ1) is 10.1. The van der Waals surface area contributed by atoms with Gasteiger partial charge >= 0.3 is 0 Å². The van der Waals surface area contributed by atoms with Crippen LogP contribution in [0.1, 0.15) is 28.9 Å². The maximum absolute atomic E-state index is 12.8. The van der Waals surface area contributed by atoms with Gasteiger partial charge in [-0.2, -0.15) is 5.10 Å². The van der Waals surface area contributed by atoms with Crippen molar-refractivity contribution >= 4 is 5.91 Å². The van der Waals surface area contributed by atoms with E-state index in [4.69, 9.17) is 0 Å². The summed E-state index contributed by atoms with van der Waals surface area (Å²) in [6.07, 6.45) is 3.49. The monoisotopic (exact) mass is 287 g/mol.